The summed E-state index contributed by atoms with van der Waals surface area (Å²) in [6.45, 7) is 0. The fourth-order valence-electron chi connectivity index (χ4n) is 1.19. The zero-order chi connectivity index (χ0) is 10.9. The number of hydrogen-bond donors (Lipinski definition) is 0. The Kier molecular flexibility index (Phi) is 6.47. The Morgan fingerprint density at radius 2 is 1.93 bits per heavy atom. The van der Waals surface area contributed by atoms with Crippen LogP contribution in [0.25, 0.3) is 0 Å². The first-order chi connectivity index (χ1) is 7.36. The minimum absolute atomic E-state index is 0.727. The SMILES string of the molecule is BrCC#C/C=C(/CBr)Cc1ccccc1. The summed E-state index contributed by atoms with van der Waals surface area (Å²) < 4.78 is 0. The van der Waals surface area contributed by atoms with Gasteiger partial charge in [0, 0.05) is 5.33 Å². The third-order valence-electron chi connectivity index (χ3n) is 1.89. The molecule has 0 unspecified atom stereocenters. The van der Waals surface area contributed by atoms with Crippen LogP contribution in [0.1, 0.15) is 5.56 Å². The van der Waals surface area contributed by atoms with E-state index < -0.39 is 0 Å². The van der Waals surface area contributed by atoms with E-state index in [9.17, 15) is 0 Å². The van der Waals surface area contributed by atoms with E-state index in [1.165, 1.54) is 11.1 Å². The van der Waals surface area contributed by atoms with Gasteiger partial charge in [-0.15, -0.1) is 0 Å². The van der Waals surface area contributed by atoms with E-state index in [0.717, 1.165) is 17.1 Å². The number of alkyl halides is 2. The van der Waals surface area contributed by atoms with E-state index in [1.54, 1.807) is 0 Å². The molecule has 0 aliphatic carbocycles. The second-order valence-electron chi connectivity index (χ2n) is 3.05. The van der Waals surface area contributed by atoms with Crippen molar-refractivity contribution in [2.75, 3.05) is 10.7 Å². The van der Waals surface area contributed by atoms with Gasteiger partial charge in [0.15, 0.2) is 0 Å². The fourth-order valence-corrected chi connectivity index (χ4v) is 1.71. The van der Waals surface area contributed by atoms with E-state index >= 15 is 0 Å². The first kappa shape index (κ1) is 12.5. The Morgan fingerprint density at radius 3 is 2.53 bits per heavy atom. The van der Waals surface area contributed by atoms with Crippen LogP contribution in [0, 0.1) is 11.8 Å². The average Bonchev–Trinajstić information content (AvgIpc) is 2.29. The molecule has 1 aromatic rings. The van der Waals surface area contributed by atoms with Gasteiger partial charge < -0.3 is 0 Å². The number of halogens is 2. The van der Waals surface area contributed by atoms with Gasteiger partial charge in [-0.2, -0.15) is 0 Å². The van der Waals surface area contributed by atoms with Gasteiger partial charge >= 0.3 is 0 Å². The predicted octanol–water partition coefficient (Wildman–Crippen LogP) is 3.95. The van der Waals surface area contributed by atoms with Crippen molar-refractivity contribution in [3.8, 4) is 11.8 Å². The summed E-state index contributed by atoms with van der Waals surface area (Å²) in [7, 11) is 0. The van der Waals surface area contributed by atoms with Crippen LogP contribution in [0.5, 0.6) is 0 Å². The minimum atomic E-state index is 0.727. The van der Waals surface area contributed by atoms with Crippen LogP contribution >= 0.6 is 31.9 Å². The smallest absolute Gasteiger partial charge is 0.0649 e. The van der Waals surface area contributed by atoms with E-state index in [-0.39, 0.29) is 0 Å². The first-order valence-corrected chi connectivity index (χ1v) is 6.93. The molecule has 0 aliphatic rings. The van der Waals surface area contributed by atoms with Crippen LogP contribution < -0.4 is 0 Å². The second kappa shape index (κ2) is 7.73. The maximum atomic E-state index is 3.48. The summed E-state index contributed by atoms with van der Waals surface area (Å²) in [6.07, 6.45) is 2.95. The largest absolute Gasteiger partial charge is 0.0879 e. The lowest BCUT2D eigenvalue weighted by Gasteiger charge is -2.01. The Hall–Kier alpha value is -0.520. The number of benzene rings is 1. The Labute approximate surface area is 108 Å². The van der Waals surface area contributed by atoms with E-state index in [4.69, 9.17) is 0 Å². The normalized spacial score (nSPS) is 10.7. The summed E-state index contributed by atoms with van der Waals surface area (Å²) in [5.74, 6) is 5.99. The highest BCUT2D eigenvalue weighted by molar-refractivity contribution is 9.09. The predicted molar refractivity (Wildman–Crippen MR) is 73.6 cm³/mol. The summed E-state index contributed by atoms with van der Waals surface area (Å²) in [5.41, 5.74) is 2.62. The van der Waals surface area contributed by atoms with Gasteiger partial charge in [0.2, 0.25) is 0 Å². The Balaban J connectivity index is 2.66. The molecule has 2 heteroatoms. The zero-order valence-electron chi connectivity index (χ0n) is 8.34. The fraction of sp³-hybridized carbons (Fsp3) is 0.231. The van der Waals surface area contributed by atoms with Crippen molar-refractivity contribution in [2.45, 2.75) is 6.42 Å². The van der Waals surface area contributed by atoms with Gasteiger partial charge in [-0.1, -0.05) is 74.0 Å². The minimum Gasteiger partial charge on any atom is -0.0879 e. The number of hydrogen-bond acceptors (Lipinski definition) is 0. The van der Waals surface area contributed by atoms with Crippen molar-refractivity contribution in [1.82, 2.24) is 0 Å². The van der Waals surface area contributed by atoms with Crippen LogP contribution in [-0.2, 0) is 6.42 Å². The molecule has 0 saturated carbocycles. The molecular formula is C13H12Br2. The highest BCUT2D eigenvalue weighted by Gasteiger charge is 1.96. The number of allylic oxidation sites excluding steroid dienone is 2. The molecule has 0 aromatic heterocycles. The maximum Gasteiger partial charge on any atom is 0.0649 e. The third kappa shape index (κ3) is 5.20. The van der Waals surface area contributed by atoms with Crippen LogP contribution in [0.15, 0.2) is 42.0 Å². The molecule has 0 atom stereocenters. The van der Waals surface area contributed by atoms with Crippen LogP contribution in [0.2, 0.25) is 0 Å². The summed E-state index contributed by atoms with van der Waals surface area (Å²) in [4.78, 5) is 0. The molecule has 0 nitrogen and oxygen atoms in total. The third-order valence-corrected chi connectivity index (χ3v) is 2.89. The van der Waals surface area contributed by atoms with Gasteiger partial charge in [-0.3, -0.25) is 0 Å². The molecule has 0 amide bonds. The van der Waals surface area contributed by atoms with Crippen molar-refractivity contribution in [3.63, 3.8) is 0 Å². The molecule has 0 fully saturated rings. The number of rotatable bonds is 3. The highest BCUT2D eigenvalue weighted by atomic mass is 79.9. The van der Waals surface area contributed by atoms with Crippen molar-refractivity contribution in [3.05, 3.63) is 47.5 Å². The highest BCUT2D eigenvalue weighted by Crippen LogP contribution is 2.09. The molecule has 0 spiro atoms. The molecule has 0 heterocycles. The Morgan fingerprint density at radius 1 is 1.20 bits per heavy atom. The second-order valence-corrected chi connectivity index (χ2v) is 4.17. The molecule has 0 radical (unpaired) electrons. The topological polar surface area (TPSA) is 0 Å². The lowest BCUT2D eigenvalue weighted by molar-refractivity contribution is 1.16. The van der Waals surface area contributed by atoms with Gasteiger partial charge in [-0.05, 0) is 23.6 Å². The van der Waals surface area contributed by atoms with E-state index in [0.29, 0.717) is 0 Å². The summed E-state index contributed by atoms with van der Waals surface area (Å²) in [6, 6.07) is 10.4. The van der Waals surface area contributed by atoms with Crippen LogP contribution in [0.4, 0.5) is 0 Å². The van der Waals surface area contributed by atoms with Crippen molar-refractivity contribution >= 4 is 31.9 Å². The van der Waals surface area contributed by atoms with Crippen LogP contribution in [0.3, 0.4) is 0 Å². The molecule has 1 aromatic carbocycles. The van der Waals surface area contributed by atoms with Crippen molar-refractivity contribution in [1.29, 1.82) is 0 Å². The standard InChI is InChI=1S/C13H12Br2/c14-9-5-4-8-13(11-15)10-12-6-2-1-3-7-12/h1-3,6-8H,9-11H2/b13-8+. The monoisotopic (exact) mass is 326 g/mol. The van der Waals surface area contributed by atoms with Gasteiger partial charge in [0.1, 0.15) is 0 Å². The van der Waals surface area contributed by atoms with Gasteiger partial charge in [-0.25, -0.2) is 0 Å². The molecule has 0 N–H and O–H groups in total. The molecule has 0 bridgehead atoms. The van der Waals surface area contributed by atoms with Crippen molar-refractivity contribution in [2.24, 2.45) is 0 Å². The quantitative estimate of drug-likeness (QED) is 0.582. The van der Waals surface area contributed by atoms with Crippen molar-refractivity contribution < 1.29 is 0 Å². The molecular weight excluding hydrogens is 316 g/mol. The average molecular weight is 328 g/mol. The summed E-state index contributed by atoms with van der Waals surface area (Å²) >= 11 is 6.75. The molecule has 0 saturated heterocycles. The van der Waals surface area contributed by atoms with E-state index in [1.807, 2.05) is 12.1 Å². The first-order valence-electron chi connectivity index (χ1n) is 4.69. The molecule has 0 aliphatic heterocycles. The lowest BCUT2D eigenvalue weighted by atomic mass is 10.1. The lowest BCUT2D eigenvalue weighted by Crippen LogP contribution is -1.91. The Bertz CT molecular complexity index is 369. The van der Waals surface area contributed by atoms with Gasteiger partial charge in [0.05, 0.1) is 5.33 Å². The molecule has 15 heavy (non-hydrogen) atoms. The molecule has 1 rings (SSSR count). The van der Waals surface area contributed by atoms with E-state index in [2.05, 4.69) is 68.0 Å². The molecule has 78 valence electrons. The van der Waals surface area contributed by atoms with Crippen LogP contribution in [-0.4, -0.2) is 10.7 Å². The summed E-state index contributed by atoms with van der Waals surface area (Å²) in [5, 5.41) is 1.60. The van der Waals surface area contributed by atoms with Gasteiger partial charge in [0.25, 0.3) is 0 Å². The maximum absolute atomic E-state index is 3.48. The zero-order valence-corrected chi connectivity index (χ0v) is 11.5.